The van der Waals surface area contributed by atoms with Gasteiger partial charge in [0.1, 0.15) is 11.9 Å². The van der Waals surface area contributed by atoms with Gasteiger partial charge in [-0.1, -0.05) is 37.3 Å². The van der Waals surface area contributed by atoms with E-state index < -0.39 is 0 Å². The third-order valence-electron chi connectivity index (χ3n) is 7.02. The Labute approximate surface area is 184 Å². The van der Waals surface area contributed by atoms with Crippen molar-refractivity contribution in [3.05, 3.63) is 60.3 Å². The lowest BCUT2D eigenvalue weighted by Gasteiger charge is -2.48. The highest BCUT2D eigenvalue weighted by molar-refractivity contribution is 5.88. The average molecular weight is 415 g/mol. The van der Waals surface area contributed by atoms with Gasteiger partial charge >= 0.3 is 0 Å². The second-order valence-electron chi connectivity index (χ2n) is 8.94. The van der Waals surface area contributed by atoms with E-state index in [-0.39, 0.29) is 6.10 Å². The number of aryl methyl sites for hydroxylation is 1. The molecule has 2 bridgehead atoms. The molecular weight excluding hydrogens is 384 g/mol. The molecule has 1 aromatic heterocycles. The van der Waals surface area contributed by atoms with Crippen LogP contribution >= 0.6 is 0 Å². The maximum atomic E-state index is 12.4. The minimum absolute atomic E-state index is 0.189. The molecule has 0 unspecified atom stereocenters. The Morgan fingerprint density at radius 2 is 1.81 bits per heavy atom. The van der Waals surface area contributed by atoms with Crippen LogP contribution < -0.4 is 4.74 Å². The lowest BCUT2D eigenvalue weighted by molar-refractivity contribution is -0.143. The Morgan fingerprint density at radius 3 is 2.52 bits per heavy atom. The van der Waals surface area contributed by atoms with Crippen LogP contribution in [0.4, 0.5) is 0 Å². The molecule has 4 heteroatoms. The van der Waals surface area contributed by atoms with Crippen LogP contribution in [0.2, 0.25) is 0 Å². The van der Waals surface area contributed by atoms with E-state index in [2.05, 4.69) is 59.3 Å². The SMILES string of the molecule is CCC(=O)N1[C@@H]2CCC[C@H]1C[C@@H](Oc1ccc(-c3ccc4cccnc4c3C)cc1)C2. The van der Waals surface area contributed by atoms with Crippen LogP contribution in [0.5, 0.6) is 5.75 Å². The van der Waals surface area contributed by atoms with Gasteiger partial charge in [0.05, 0.1) is 5.52 Å². The zero-order valence-corrected chi connectivity index (χ0v) is 18.4. The van der Waals surface area contributed by atoms with Gasteiger partial charge in [0.25, 0.3) is 0 Å². The molecule has 0 radical (unpaired) electrons. The van der Waals surface area contributed by atoms with Crippen molar-refractivity contribution in [3.63, 3.8) is 0 Å². The molecule has 0 spiro atoms. The van der Waals surface area contributed by atoms with Crippen molar-refractivity contribution < 1.29 is 9.53 Å². The Hall–Kier alpha value is -2.88. The normalized spacial score (nSPS) is 23.0. The van der Waals surface area contributed by atoms with Gasteiger partial charge in [-0.3, -0.25) is 9.78 Å². The highest BCUT2D eigenvalue weighted by Gasteiger charge is 2.41. The minimum Gasteiger partial charge on any atom is -0.490 e. The zero-order valence-electron chi connectivity index (χ0n) is 18.4. The van der Waals surface area contributed by atoms with Crippen molar-refractivity contribution in [2.24, 2.45) is 0 Å². The molecule has 3 atom stereocenters. The summed E-state index contributed by atoms with van der Waals surface area (Å²) >= 11 is 0. The summed E-state index contributed by atoms with van der Waals surface area (Å²) in [5.41, 5.74) is 4.64. The van der Waals surface area contributed by atoms with Crippen molar-refractivity contribution >= 4 is 16.8 Å². The van der Waals surface area contributed by atoms with Gasteiger partial charge in [0.15, 0.2) is 0 Å². The number of amides is 1. The number of hydrogen-bond acceptors (Lipinski definition) is 3. The monoisotopic (exact) mass is 414 g/mol. The Morgan fingerprint density at radius 1 is 1.06 bits per heavy atom. The number of rotatable bonds is 4. The standard InChI is InChI=1S/C27H30N2O2/c1-3-26(30)29-21-7-4-8-22(29)17-24(16-21)31-23-12-9-19(10-13-23)25-14-11-20-6-5-15-28-27(20)18(25)2/h5-6,9-15,21-22,24H,3-4,7-8,16-17H2,1-2H3/t21-,22+,24+. The first-order chi connectivity index (χ1) is 15.1. The van der Waals surface area contributed by atoms with Gasteiger partial charge < -0.3 is 9.64 Å². The van der Waals surface area contributed by atoms with E-state index in [0.29, 0.717) is 24.4 Å². The molecule has 160 valence electrons. The van der Waals surface area contributed by atoms with Crippen LogP contribution in [-0.4, -0.2) is 34.0 Å². The molecule has 2 aliphatic heterocycles. The first-order valence-corrected chi connectivity index (χ1v) is 11.6. The molecule has 3 aromatic rings. The first kappa shape index (κ1) is 20.0. The van der Waals surface area contributed by atoms with Gasteiger partial charge in [-0.25, -0.2) is 0 Å². The Balaban J connectivity index is 1.31. The van der Waals surface area contributed by atoms with Crippen molar-refractivity contribution in [3.8, 4) is 16.9 Å². The Kier molecular flexibility index (Phi) is 5.39. The third-order valence-corrected chi connectivity index (χ3v) is 7.02. The second-order valence-corrected chi connectivity index (χ2v) is 8.94. The Bertz CT molecular complexity index is 1080. The number of carbonyl (C=O) groups is 1. The number of aromatic nitrogens is 1. The van der Waals surface area contributed by atoms with Gasteiger partial charge in [-0.05, 0) is 61.1 Å². The quantitative estimate of drug-likeness (QED) is 0.533. The summed E-state index contributed by atoms with van der Waals surface area (Å²) in [6.45, 7) is 4.11. The van der Waals surface area contributed by atoms with Crippen molar-refractivity contribution in [2.75, 3.05) is 0 Å². The summed E-state index contributed by atoms with van der Waals surface area (Å²) in [7, 11) is 0. The third kappa shape index (κ3) is 3.80. The van der Waals surface area contributed by atoms with E-state index in [1.54, 1.807) is 0 Å². The summed E-state index contributed by atoms with van der Waals surface area (Å²) < 4.78 is 6.39. The highest BCUT2D eigenvalue weighted by Crippen LogP contribution is 2.37. The van der Waals surface area contributed by atoms with Gasteiger partial charge in [-0.15, -0.1) is 0 Å². The number of ether oxygens (including phenoxy) is 1. The topological polar surface area (TPSA) is 42.4 Å². The van der Waals surface area contributed by atoms with Crippen LogP contribution in [0.1, 0.15) is 51.0 Å². The second kappa shape index (κ2) is 8.33. The number of piperidine rings is 2. The summed E-state index contributed by atoms with van der Waals surface area (Å²) in [4.78, 5) is 19.1. The molecule has 0 N–H and O–H groups in total. The summed E-state index contributed by atoms with van der Waals surface area (Å²) in [5.74, 6) is 1.22. The largest absolute Gasteiger partial charge is 0.490 e. The maximum absolute atomic E-state index is 12.4. The predicted octanol–water partition coefficient (Wildman–Crippen LogP) is 5.91. The van der Waals surface area contributed by atoms with E-state index >= 15 is 0 Å². The van der Waals surface area contributed by atoms with Crippen LogP contribution in [0.25, 0.3) is 22.0 Å². The maximum Gasteiger partial charge on any atom is 0.222 e. The molecule has 2 aromatic carbocycles. The number of fused-ring (bicyclic) bond motifs is 3. The summed E-state index contributed by atoms with van der Waals surface area (Å²) in [6, 6.07) is 17.5. The molecule has 2 saturated heterocycles. The first-order valence-electron chi connectivity index (χ1n) is 11.6. The molecular formula is C27H30N2O2. The molecule has 2 fully saturated rings. The molecule has 0 aliphatic carbocycles. The fourth-order valence-corrected chi connectivity index (χ4v) is 5.53. The zero-order chi connectivity index (χ0) is 21.4. The van der Waals surface area contributed by atoms with E-state index in [1.807, 2.05) is 19.2 Å². The number of pyridine rings is 1. The highest BCUT2D eigenvalue weighted by atomic mass is 16.5. The van der Waals surface area contributed by atoms with E-state index in [0.717, 1.165) is 36.9 Å². The number of nitrogens with zero attached hydrogens (tertiary/aromatic N) is 2. The summed E-state index contributed by atoms with van der Waals surface area (Å²) in [5, 5.41) is 1.17. The van der Waals surface area contributed by atoms with Crippen LogP contribution in [0.3, 0.4) is 0 Å². The summed E-state index contributed by atoms with van der Waals surface area (Å²) in [6.07, 6.45) is 7.97. The van der Waals surface area contributed by atoms with Crippen LogP contribution in [0, 0.1) is 6.92 Å². The number of benzene rings is 2. The van der Waals surface area contributed by atoms with E-state index in [4.69, 9.17) is 4.74 Å². The molecule has 2 aliphatic rings. The van der Waals surface area contributed by atoms with Crippen LogP contribution in [0.15, 0.2) is 54.7 Å². The lowest BCUT2D eigenvalue weighted by atomic mass is 9.82. The number of hydrogen-bond donors (Lipinski definition) is 0. The molecule has 4 nitrogen and oxygen atoms in total. The lowest BCUT2D eigenvalue weighted by Crippen LogP contribution is -2.56. The minimum atomic E-state index is 0.189. The van der Waals surface area contributed by atoms with E-state index in [9.17, 15) is 4.79 Å². The molecule has 1 amide bonds. The average Bonchev–Trinajstić information content (AvgIpc) is 2.79. The molecule has 31 heavy (non-hydrogen) atoms. The van der Waals surface area contributed by atoms with E-state index in [1.165, 1.54) is 28.5 Å². The number of carbonyl (C=O) groups excluding carboxylic acids is 1. The van der Waals surface area contributed by atoms with Crippen molar-refractivity contribution in [1.29, 1.82) is 0 Å². The van der Waals surface area contributed by atoms with Crippen molar-refractivity contribution in [1.82, 2.24) is 9.88 Å². The van der Waals surface area contributed by atoms with Gasteiger partial charge in [-0.2, -0.15) is 0 Å². The van der Waals surface area contributed by atoms with Crippen LogP contribution in [-0.2, 0) is 4.79 Å². The fraction of sp³-hybridized carbons (Fsp3) is 0.407. The smallest absolute Gasteiger partial charge is 0.222 e. The van der Waals surface area contributed by atoms with Gasteiger partial charge in [0.2, 0.25) is 5.91 Å². The fourth-order valence-electron chi connectivity index (χ4n) is 5.53. The molecule has 0 saturated carbocycles. The predicted molar refractivity (Wildman–Crippen MR) is 124 cm³/mol. The molecule has 5 rings (SSSR count). The molecule has 3 heterocycles. The van der Waals surface area contributed by atoms with Gasteiger partial charge in [0, 0.05) is 42.9 Å². The van der Waals surface area contributed by atoms with Crippen molar-refractivity contribution in [2.45, 2.75) is 70.6 Å².